The first-order chi connectivity index (χ1) is 14.9. The fraction of sp³-hybridized carbons (Fsp3) is 0.200. The summed E-state index contributed by atoms with van der Waals surface area (Å²) in [5.74, 6) is -0.333. The van der Waals surface area contributed by atoms with Gasteiger partial charge in [-0.05, 0) is 47.9 Å². The number of hydrogen-bond donors (Lipinski definition) is 1. The maximum absolute atomic E-state index is 13.1. The zero-order valence-corrected chi connectivity index (χ0v) is 18.7. The molecule has 1 atom stereocenters. The van der Waals surface area contributed by atoms with E-state index in [-0.39, 0.29) is 18.2 Å². The lowest BCUT2D eigenvalue weighted by Crippen LogP contribution is -2.47. The van der Waals surface area contributed by atoms with Gasteiger partial charge in [0.15, 0.2) is 0 Å². The predicted molar refractivity (Wildman–Crippen MR) is 125 cm³/mol. The van der Waals surface area contributed by atoms with Crippen molar-refractivity contribution in [1.29, 1.82) is 0 Å². The number of carbonyl (C=O) groups excluding carboxylic acids is 2. The Kier molecular flexibility index (Phi) is 8.10. The lowest BCUT2D eigenvalue weighted by Gasteiger charge is -2.29. The number of nitrogens with zero attached hydrogens (tertiary/aromatic N) is 1. The maximum atomic E-state index is 13.1. The van der Waals surface area contributed by atoms with Crippen LogP contribution in [-0.2, 0) is 29.1 Å². The average molecular weight is 455 g/mol. The zero-order valence-electron chi connectivity index (χ0n) is 17.2. The summed E-state index contributed by atoms with van der Waals surface area (Å²) in [7, 11) is 0. The summed E-state index contributed by atoms with van der Waals surface area (Å²) < 4.78 is 0. The van der Waals surface area contributed by atoms with E-state index >= 15 is 0 Å². The Morgan fingerprint density at radius 3 is 1.94 bits per heavy atom. The van der Waals surface area contributed by atoms with E-state index in [2.05, 4.69) is 5.32 Å². The molecule has 0 radical (unpaired) electrons. The quantitative estimate of drug-likeness (QED) is 0.503. The molecular formula is C25H24Cl2N2O2. The summed E-state index contributed by atoms with van der Waals surface area (Å²) in [6.07, 6.45) is 0.225. The largest absolute Gasteiger partial charge is 0.350 e. The first-order valence-electron chi connectivity index (χ1n) is 10.0. The van der Waals surface area contributed by atoms with Crippen LogP contribution in [0.3, 0.4) is 0 Å². The van der Waals surface area contributed by atoms with Crippen molar-refractivity contribution in [3.8, 4) is 0 Å². The van der Waals surface area contributed by atoms with Gasteiger partial charge in [-0.3, -0.25) is 9.59 Å². The summed E-state index contributed by atoms with van der Waals surface area (Å²) in [6, 6.07) is 23.4. The normalized spacial score (nSPS) is 11.6. The predicted octanol–water partition coefficient (Wildman–Crippen LogP) is 5.27. The lowest BCUT2D eigenvalue weighted by molar-refractivity contribution is -0.140. The van der Waals surface area contributed by atoms with Gasteiger partial charge >= 0.3 is 0 Å². The Balaban J connectivity index is 1.72. The molecule has 0 aliphatic heterocycles. The summed E-state index contributed by atoms with van der Waals surface area (Å²) in [4.78, 5) is 27.6. The van der Waals surface area contributed by atoms with Gasteiger partial charge in [0.25, 0.3) is 0 Å². The monoisotopic (exact) mass is 454 g/mol. The van der Waals surface area contributed by atoms with Gasteiger partial charge in [0, 0.05) is 23.1 Å². The molecule has 160 valence electrons. The number of nitrogens with one attached hydrogen (secondary N) is 1. The summed E-state index contributed by atoms with van der Waals surface area (Å²) in [5.41, 5.74) is 2.75. The SMILES string of the molecule is C[C@H](C(=O)NCc1ccc(Cl)cc1)N(Cc1ccc(Cl)cc1)C(=O)Cc1ccccc1. The van der Waals surface area contributed by atoms with Crippen LogP contribution in [-0.4, -0.2) is 22.8 Å². The lowest BCUT2D eigenvalue weighted by atomic mass is 10.1. The van der Waals surface area contributed by atoms with E-state index in [0.29, 0.717) is 23.1 Å². The molecule has 0 aliphatic carbocycles. The molecule has 0 fully saturated rings. The molecule has 31 heavy (non-hydrogen) atoms. The number of carbonyl (C=O) groups is 2. The second-order valence-electron chi connectivity index (χ2n) is 7.33. The van der Waals surface area contributed by atoms with Crippen molar-refractivity contribution < 1.29 is 9.59 Å². The van der Waals surface area contributed by atoms with Crippen LogP contribution < -0.4 is 5.32 Å². The number of rotatable bonds is 8. The molecule has 3 rings (SSSR count). The molecule has 3 aromatic carbocycles. The maximum Gasteiger partial charge on any atom is 0.242 e. The third-order valence-corrected chi connectivity index (χ3v) is 5.52. The van der Waals surface area contributed by atoms with Crippen molar-refractivity contribution >= 4 is 35.0 Å². The zero-order chi connectivity index (χ0) is 22.2. The van der Waals surface area contributed by atoms with Crippen molar-refractivity contribution in [2.75, 3.05) is 0 Å². The van der Waals surface area contributed by atoms with Crippen LogP contribution in [0.2, 0.25) is 10.0 Å². The molecule has 0 aromatic heterocycles. The van der Waals surface area contributed by atoms with E-state index in [1.54, 1.807) is 36.1 Å². The Morgan fingerprint density at radius 1 is 0.806 bits per heavy atom. The van der Waals surface area contributed by atoms with Crippen LogP contribution in [0, 0.1) is 0 Å². The molecular weight excluding hydrogens is 431 g/mol. The Labute approximate surface area is 192 Å². The Bertz CT molecular complexity index is 1010. The van der Waals surface area contributed by atoms with E-state index in [1.165, 1.54) is 0 Å². The van der Waals surface area contributed by atoms with Gasteiger partial charge in [-0.2, -0.15) is 0 Å². The van der Waals surface area contributed by atoms with E-state index in [4.69, 9.17) is 23.2 Å². The van der Waals surface area contributed by atoms with Crippen LogP contribution in [0.5, 0.6) is 0 Å². The van der Waals surface area contributed by atoms with E-state index in [9.17, 15) is 9.59 Å². The molecule has 3 aromatic rings. The molecule has 4 nitrogen and oxygen atoms in total. The molecule has 1 N–H and O–H groups in total. The smallest absolute Gasteiger partial charge is 0.242 e. The fourth-order valence-electron chi connectivity index (χ4n) is 3.18. The summed E-state index contributed by atoms with van der Waals surface area (Å²) >= 11 is 11.9. The fourth-order valence-corrected chi connectivity index (χ4v) is 3.43. The first kappa shape index (κ1) is 22.9. The molecule has 0 spiro atoms. The molecule has 0 bridgehead atoms. The Hall–Kier alpha value is -2.82. The first-order valence-corrected chi connectivity index (χ1v) is 10.8. The van der Waals surface area contributed by atoms with Crippen LogP contribution in [0.25, 0.3) is 0 Å². The third-order valence-electron chi connectivity index (χ3n) is 5.01. The molecule has 0 aliphatic rings. The van der Waals surface area contributed by atoms with Gasteiger partial charge in [-0.15, -0.1) is 0 Å². The molecule has 0 saturated heterocycles. The molecule has 2 amide bonds. The topological polar surface area (TPSA) is 49.4 Å². The minimum atomic E-state index is -0.640. The molecule has 0 saturated carbocycles. The van der Waals surface area contributed by atoms with Crippen LogP contribution >= 0.6 is 23.2 Å². The van der Waals surface area contributed by atoms with Crippen molar-refractivity contribution in [1.82, 2.24) is 10.2 Å². The second-order valence-corrected chi connectivity index (χ2v) is 8.20. The summed E-state index contributed by atoms with van der Waals surface area (Å²) in [5, 5.41) is 4.18. The highest BCUT2D eigenvalue weighted by molar-refractivity contribution is 6.30. The summed E-state index contributed by atoms with van der Waals surface area (Å²) in [6.45, 7) is 2.43. The number of benzene rings is 3. The van der Waals surface area contributed by atoms with E-state index < -0.39 is 6.04 Å². The van der Waals surface area contributed by atoms with E-state index in [0.717, 1.165) is 16.7 Å². The average Bonchev–Trinajstić information content (AvgIpc) is 2.78. The standard InChI is InChI=1S/C25H24Cl2N2O2/c1-18(25(31)28-16-20-7-11-22(26)12-8-20)29(17-21-9-13-23(27)14-10-21)24(30)15-19-5-3-2-4-6-19/h2-14,18H,15-17H2,1H3,(H,28,31)/t18-/m1/s1. The van der Waals surface area contributed by atoms with Gasteiger partial charge in [-0.25, -0.2) is 0 Å². The third kappa shape index (κ3) is 6.84. The number of hydrogen-bond acceptors (Lipinski definition) is 2. The van der Waals surface area contributed by atoms with Gasteiger partial charge in [0.2, 0.25) is 11.8 Å². The Morgan fingerprint density at radius 2 is 1.35 bits per heavy atom. The van der Waals surface area contributed by atoms with Crippen LogP contribution in [0.15, 0.2) is 78.9 Å². The molecule has 6 heteroatoms. The highest BCUT2D eigenvalue weighted by Gasteiger charge is 2.26. The minimum Gasteiger partial charge on any atom is -0.350 e. The van der Waals surface area contributed by atoms with Gasteiger partial charge < -0.3 is 10.2 Å². The van der Waals surface area contributed by atoms with Gasteiger partial charge in [-0.1, -0.05) is 77.8 Å². The minimum absolute atomic E-state index is 0.115. The molecule has 0 unspecified atom stereocenters. The van der Waals surface area contributed by atoms with Gasteiger partial charge in [0.05, 0.1) is 6.42 Å². The number of halogens is 2. The molecule has 0 heterocycles. The highest BCUT2D eigenvalue weighted by Crippen LogP contribution is 2.16. The van der Waals surface area contributed by atoms with E-state index in [1.807, 2.05) is 54.6 Å². The van der Waals surface area contributed by atoms with Gasteiger partial charge in [0.1, 0.15) is 6.04 Å². The van der Waals surface area contributed by atoms with Crippen molar-refractivity contribution in [2.24, 2.45) is 0 Å². The van der Waals surface area contributed by atoms with Crippen molar-refractivity contribution in [3.63, 3.8) is 0 Å². The second kappa shape index (κ2) is 11.0. The van der Waals surface area contributed by atoms with Crippen molar-refractivity contribution in [2.45, 2.75) is 32.5 Å². The van der Waals surface area contributed by atoms with Crippen LogP contribution in [0.1, 0.15) is 23.6 Å². The highest BCUT2D eigenvalue weighted by atomic mass is 35.5. The van der Waals surface area contributed by atoms with Crippen molar-refractivity contribution in [3.05, 3.63) is 106 Å². The number of amides is 2. The van der Waals surface area contributed by atoms with Crippen LogP contribution in [0.4, 0.5) is 0 Å².